The SMILES string of the molecule is O=C1c2cc(S(=O)(=O)O)ccc2-c2cccc3cccc1c23. The number of benzene rings is 3. The molecule has 0 bridgehead atoms. The number of hydrogen-bond acceptors (Lipinski definition) is 3. The molecule has 1 N–H and O–H groups in total. The van der Waals surface area contributed by atoms with Crippen molar-refractivity contribution >= 4 is 26.7 Å². The monoisotopic (exact) mass is 310 g/mol. The molecule has 0 spiro atoms. The van der Waals surface area contributed by atoms with Crippen molar-refractivity contribution in [2.24, 2.45) is 0 Å². The summed E-state index contributed by atoms with van der Waals surface area (Å²) in [5, 5.41) is 1.84. The lowest BCUT2D eigenvalue weighted by molar-refractivity contribution is 0.104. The fraction of sp³-hybridized carbons (Fsp3) is 0. The molecule has 0 radical (unpaired) electrons. The normalized spacial score (nSPS) is 13.2. The number of hydrogen-bond donors (Lipinski definition) is 1. The van der Waals surface area contributed by atoms with Crippen LogP contribution in [0.5, 0.6) is 0 Å². The van der Waals surface area contributed by atoms with Crippen LogP contribution in [0.2, 0.25) is 0 Å². The maximum Gasteiger partial charge on any atom is 0.294 e. The predicted octanol–water partition coefficient (Wildman–Crippen LogP) is 3.30. The van der Waals surface area contributed by atoms with Gasteiger partial charge in [0.1, 0.15) is 0 Å². The topological polar surface area (TPSA) is 71.4 Å². The number of fused-ring (bicyclic) bond motifs is 2. The van der Waals surface area contributed by atoms with Crippen molar-refractivity contribution in [1.29, 1.82) is 0 Å². The molecule has 0 heterocycles. The molecule has 3 aromatic carbocycles. The van der Waals surface area contributed by atoms with Crippen LogP contribution in [0.25, 0.3) is 21.9 Å². The van der Waals surface area contributed by atoms with E-state index in [0.29, 0.717) is 16.7 Å². The Balaban J connectivity index is 2.14. The molecule has 0 aliphatic heterocycles. The van der Waals surface area contributed by atoms with Gasteiger partial charge in [0.05, 0.1) is 4.90 Å². The number of carbonyl (C=O) groups is 1. The highest BCUT2D eigenvalue weighted by molar-refractivity contribution is 7.85. The maximum atomic E-state index is 12.7. The summed E-state index contributed by atoms with van der Waals surface area (Å²) in [5.41, 5.74) is 2.42. The zero-order valence-electron chi connectivity index (χ0n) is 11.3. The smallest absolute Gasteiger partial charge is 0.289 e. The van der Waals surface area contributed by atoms with E-state index < -0.39 is 10.1 Å². The summed E-state index contributed by atoms with van der Waals surface area (Å²) in [6.07, 6.45) is 0. The van der Waals surface area contributed by atoms with Crippen LogP contribution < -0.4 is 0 Å². The molecule has 0 aromatic heterocycles. The Bertz CT molecular complexity index is 1060. The second-order valence-electron chi connectivity index (χ2n) is 5.22. The van der Waals surface area contributed by atoms with Gasteiger partial charge in [-0.25, -0.2) is 0 Å². The largest absolute Gasteiger partial charge is 0.294 e. The lowest BCUT2D eigenvalue weighted by Gasteiger charge is -2.20. The van der Waals surface area contributed by atoms with E-state index in [0.717, 1.165) is 16.3 Å². The van der Waals surface area contributed by atoms with Gasteiger partial charge in [-0.05, 0) is 28.6 Å². The Morgan fingerprint density at radius 3 is 2.14 bits per heavy atom. The molecule has 22 heavy (non-hydrogen) atoms. The predicted molar refractivity (Wildman–Crippen MR) is 82.6 cm³/mol. The second-order valence-corrected chi connectivity index (χ2v) is 6.64. The highest BCUT2D eigenvalue weighted by Gasteiger charge is 2.26. The van der Waals surface area contributed by atoms with Gasteiger partial charge >= 0.3 is 0 Å². The van der Waals surface area contributed by atoms with Crippen LogP contribution in [0, 0.1) is 0 Å². The lowest BCUT2D eigenvalue weighted by Crippen LogP contribution is -2.11. The maximum absolute atomic E-state index is 12.7. The van der Waals surface area contributed by atoms with E-state index in [9.17, 15) is 17.8 Å². The van der Waals surface area contributed by atoms with E-state index in [1.165, 1.54) is 12.1 Å². The van der Waals surface area contributed by atoms with Crippen molar-refractivity contribution in [2.75, 3.05) is 0 Å². The van der Waals surface area contributed by atoms with Crippen LogP contribution in [-0.2, 0) is 10.1 Å². The third-order valence-corrected chi connectivity index (χ3v) is 4.82. The third-order valence-electron chi connectivity index (χ3n) is 3.97. The summed E-state index contributed by atoms with van der Waals surface area (Å²) in [7, 11) is -4.34. The standard InChI is InChI=1S/C17H10O4S/c18-17-14-6-2-4-10-3-1-5-13(16(10)14)12-8-7-11(9-15(12)17)22(19,20)21/h1-9H,(H,19,20,21). The van der Waals surface area contributed by atoms with Crippen LogP contribution in [0.1, 0.15) is 15.9 Å². The van der Waals surface area contributed by atoms with Gasteiger partial charge in [-0.15, -0.1) is 0 Å². The highest BCUT2D eigenvalue weighted by atomic mass is 32.2. The van der Waals surface area contributed by atoms with E-state index in [4.69, 9.17) is 0 Å². The Labute approximate surface area is 126 Å². The van der Waals surface area contributed by atoms with Crippen molar-refractivity contribution < 1.29 is 17.8 Å². The first-order chi connectivity index (χ1) is 10.5. The van der Waals surface area contributed by atoms with Gasteiger partial charge in [0.25, 0.3) is 10.1 Å². The average Bonchev–Trinajstić information content (AvgIpc) is 2.51. The van der Waals surface area contributed by atoms with Crippen molar-refractivity contribution in [2.45, 2.75) is 4.90 Å². The molecule has 1 aliphatic rings. The summed E-state index contributed by atoms with van der Waals surface area (Å²) in [6.45, 7) is 0. The molecular formula is C17H10O4S. The van der Waals surface area contributed by atoms with Gasteiger partial charge in [-0.2, -0.15) is 8.42 Å². The summed E-state index contributed by atoms with van der Waals surface area (Å²) >= 11 is 0. The van der Waals surface area contributed by atoms with Crippen LogP contribution >= 0.6 is 0 Å². The van der Waals surface area contributed by atoms with E-state index in [1.807, 2.05) is 24.3 Å². The minimum atomic E-state index is -4.34. The van der Waals surface area contributed by atoms with E-state index >= 15 is 0 Å². The highest BCUT2D eigenvalue weighted by Crippen LogP contribution is 2.39. The minimum Gasteiger partial charge on any atom is -0.289 e. The Morgan fingerprint density at radius 2 is 1.45 bits per heavy atom. The minimum absolute atomic E-state index is 0.232. The van der Waals surface area contributed by atoms with Gasteiger partial charge in [0.2, 0.25) is 0 Å². The van der Waals surface area contributed by atoms with Gasteiger partial charge in [0, 0.05) is 16.5 Å². The van der Waals surface area contributed by atoms with Crippen LogP contribution in [-0.4, -0.2) is 18.8 Å². The summed E-state index contributed by atoms with van der Waals surface area (Å²) in [6, 6.07) is 15.3. The molecule has 5 heteroatoms. The van der Waals surface area contributed by atoms with Crippen molar-refractivity contribution in [3.8, 4) is 11.1 Å². The molecule has 4 rings (SSSR count). The van der Waals surface area contributed by atoms with Crippen molar-refractivity contribution in [3.05, 3.63) is 65.7 Å². The lowest BCUT2D eigenvalue weighted by atomic mass is 9.83. The number of carbonyl (C=O) groups excluding carboxylic acids is 1. The van der Waals surface area contributed by atoms with E-state index in [2.05, 4.69) is 0 Å². The van der Waals surface area contributed by atoms with E-state index in [-0.39, 0.29) is 10.7 Å². The van der Waals surface area contributed by atoms with Gasteiger partial charge < -0.3 is 0 Å². The molecule has 0 fully saturated rings. The molecule has 1 aliphatic carbocycles. The zero-order chi connectivity index (χ0) is 15.5. The molecular weight excluding hydrogens is 300 g/mol. The summed E-state index contributed by atoms with van der Waals surface area (Å²) in [5.74, 6) is -0.232. The average molecular weight is 310 g/mol. The first-order valence-electron chi connectivity index (χ1n) is 6.65. The molecule has 0 unspecified atom stereocenters. The Kier molecular flexibility index (Phi) is 2.55. The summed E-state index contributed by atoms with van der Waals surface area (Å²) in [4.78, 5) is 12.4. The van der Waals surface area contributed by atoms with Crippen LogP contribution in [0.3, 0.4) is 0 Å². The van der Waals surface area contributed by atoms with Gasteiger partial charge in [-0.3, -0.25) is 9.35 Å². The molecule has 108 valence electrons. The molecule has 4 nitrogen and oxygen atoms in total. The third kappa shape index (κ3) is 1.73. The quantitative estimate of drug-likeness (QED) is 0.548. The molecule has 3 aromatic rings. The zero-order valence-corrected chi connectivity index (χ0v) is 12.1. The second kappa shape index (κ2) is 4.25. The summed E-state index contributed by atoms with van der Waals surface area (Å²) < 4.78 is 31.8. The fourth-order valence-corrected chi connectivity index (χ4v) is 3.51. The first kappa shape index (κ1) is 13.2. The van der Waals surface area contributed by atoms with Crippen molar-refractivity contribution in [1.82, 2.24) is 0 Å². The van der Waals surface area contributed by atoms with Gasteiger partial charge in [0.15, 0.2) is 5.78 Å². The first-order valence-corrected chi connectivity index (χ1v) is 8.09. The fourth-order valence-electron chi connectivity index (χ4n) is 3.01. The van der Waals surface area contributed by atoms with E-state index in [1.54, 1.807) is 18.2 Å². The van der Waals surface area contributed by atoms with Crippen LogP contribution in [0.15, 0.2) is 59.5 Å². The molecule has 0 saturated carbocycles. The Hall–Kier alpha value is -2.50. The molecule has 0 saturated heterocycles. The van der Waals surface area contributed by atoms with Crippen molar-refractivity contribution in [3.63, 3.8) is 0 Å². The number of ketones is 1. The molecule has 0 amide bonds. The molecule has 0 atom stereocenters. The number of rotatable bonds is 1. The van der Waals surface area contributed by atoms with Gasteiger partial charge in [-0.1, -0.05) is 42.5 Å². The Morgan fingerprint density at radius 1 is 0.773 bits per heavy atom. The van der Waals surface area contributed by atoms with Crippen LogP contribution in [0.4, 0.5) is 0 Å².